The predicted molar refractivity (Wildman–Crippen MR) is 54.5 cm³/mol. The van der Waals surface area contributed by atoms with E-state index in [1.54, 1.807) is 24.3 Å². The molecule has 0 fully saturated rings. The molecule has 0 N–H and O–H groups in total. The number of halogens is 2. The Morgan fingerprint density at radius 1 is 1.31 bits per heavy atom. The number of hydrogen-bond acceptors (Lipinski definition) is 2. The van der Waals surface area contributed by atoms with Crippen LogP contribution < -0.4 is 0 Å². The number of rotatable bonds is 4. The van der Waals surface area contributed by atoms with Crippen LogP contribution in [-0.2, 0) is 15.3 Å². The van der Waals surface area contributed by atoms with Gasteiger partial charge in [0.2, 0.25) is 0 Å². The van der Waals surface area contributed by atoms with E-state index in [0.717, 1.165) is 0 Å². The van der Waals surface area contributed by atoms with E-state index < -0.39 is 11.1 Å². The molecule has 0 aliphatic carbocycles. The second-order valence-electron chi connectivity index (χ2n) is 2.20. The average molecular weight is 239 g/mol. The minimum atomic E-state index is -1.43. The van der Waals surface area contributed by atoms with E-state index in [9.17, 15) is 4.21 Å². The largest absolute Gasteiger partial charge is 0.285 e. The van der Waals surface area contributed by atoms with Crippen molar-refractivity contribution in [2.24, 2.45) is 0 Å². The molecule has 1 rings (SSSR count). The highest BCUT2D eigenvalue weighted by Crippen LogP contribution is 2.13. The summed E-state index contributed by atoms with van der Waals surface area (Å²) in [5, 5.41) is 0.609. The normalized spacial score (nSPS) is 12.8. The number of hydrogen-bond donors (Lipinski definition) is 0. The summed E-state index contributed by atoms with van der Waals surface area (Å²) in [7, 11) is 0. The minimum Gasteiger partial charge on any atom is -0.285 e. The standard InChI is InChI=1S/C8H8Cl2O2S/c9-5-6-12-13(11)8-3-1-7(10)2-4-8/h1-4H,5-6H2/t13-/m0/s1. The van der Waals surface area contributed by atoms with Gasteiger partial charge in [0.25, 0.3) is 0 Å². The van der Waals surface area contributed by atoms with Crippen LogP contribution in [0.15, 0.2) is 29.2 Å². The highest BCUT2D eigenvalue weighted by Gasteiger charge is 2.02. The molecule has 13 heavy (non-hydrogen) atoms. The molecule has 1 aromatic rings. The van der Waals surface area contributed by atoms with Gasteiger partial charge < -0.3 is 0 Å². The van der Waals surface area contributed by atoms with Crippen LogP contribution in [0.3, 0.4) is 0 Å². The summed E-state index contributed by atoms with van der Waals surface area (Å²) in [4.78, 5) is 0.592. The van der Waals surface area contributed by atoms with Gasteiger partial charge in [-0.1, -0.05) is 11.6 Å². The van der Waals surface area contributed by atoms with Crippen molar-refractivity contribution >= 4 is 34.3 Å². The SMILES string of the molecule is O=[S@@](OCCCl)c1ccc(Cl)cc1. The Bertz CT molecular complexity index is 287. The molecule has 1 atom stereocenters. The third kappa shape index (κ3) is 3.65. The molecule has 0 bridgehead atoms. The Morgan fingerprint density at radius 3 is 2.46 bits per heavy atom. The van der Waals surface area contributed by atoms with Crippen LogP contribution in [0.4, 0.5) is 0 Å². The zero-order valence-electron chi connectivity index (χ0n) is 6.70. The number of alkyl halides is 1. The Hall–Kier alpha value is -0.0900. The van der Waals surface area contributed by atoms with Gasteiger partial charge in [-0.25, -0.2) is 4.21 Å². The zero-order chi connectivity index (χ0) is 9.68. The fraction of sp³-hybridized carbons (Fsp3) is 0.250. The van der Waals surface area contributed by atoms with Gasteiger partial charge in [0, 0.05) is 10.9 Å². The Balaban J connectivity index is 2.61. The molecular formula is C8H8Cl2O2S. The van der Waals surface area contributed by atoms with Crippen molar-refractivity contribution < 1.29 is 8.39 Å². The maximum atomic E-state index is 11.3. The van der Waals surface area contributed by atoms with Crippen LogP contribution in [0, 0.1) is 0 Å². The average Bonchev–Trinajstić information content (AvgIpc) is 2.15. The molecule has 72 valence electrons. The van der Waals surface area contributed by atoms with Crippen molar-refractivity contribution in [3.05, 3.63) is 29.3 Å². The lowest BCUT2D eigenvalue weighted by Crippen LogP contribution is -2.00. The van der Waals surface area contributed by atoms with Gasteiger partial charge in [-0.15, -0.1) is 11.6 Å². The summed E-state index contributed by atoms with van der Waals surface area (Å²) >= 11 is 9.60. The quantitative estimate of drug-likeness (QED) is 0.755. The maximum Gasteiger partial charge on any atom is 0.189 e. The molecule has 1 aromatic carbocycles. The topological polar surface area (TPSA) is 26.3 Å². The smallest absolute Gasteiger partial charge is 0.189 e. The first kappa shape index (κ1) is 11.0. The van der Waals surface area contributed by atoms with Crippen molar-refractivity contribution in [3.63, 3.8) is 0 Å². The maximum absolute atomic E-state index is 11.3. The van der Waals surface area contributed by atoms with Gasteiger partial charge >= 0.3 is 0 Å². The molecule has 0 radical (unpaired) electrons. The van der Waals surface area contributed by atoms with E-state index in [1.807, 2.05) is 0 Å². The Labute approximate surface area is 89.5 Å². The van der Waals surface area contributed by atoms with E-state index in [-0.39, 0.29) is 6.61 Å². The molecule has 0 heterocycles. The van der Waals surface area contributed by atoms with Gasteiger partial charge in [0.15, 0.2) is 11.1 Å². The molecule has 0 aliphatic heterocycles. The summed E-state index contributed by atoms with van der Waals surface area (Å²) in [6.45, 7) is 0.275. The van der Waals surface area contributed by atoms with E-state index >= 15 is 0 Å². The Kier molecular flexibility index (Phi) is 4.73. The first-order chi connectivity index (χ1) is 6.24. The van der Waals surface area contributed by atoms with Crippen LogP contribution in [0.25, 0.3) is 0 Å². The molecule has 0 aromatic heterocycles. The predicted octanol–water partition coefficient (Wildman–Crippen LogP) is 2.62. The van der Waals surface area contributed by atoms with E-state index in [4.69, 9.17) is 27.4 Å². The van der Waals surface area contributed by atoms with E-state index in [1.165, 1.54) is 0 Å². The van der Waals surface area contributed by atoms with Crippen LogP contribution in [0.5, 0.6) is 0 Å². The molecule has 0 aliphatic rings. The summed E-state index contributed by atoms with van der Waals surface area (Å²) < 4.78 is 16.2. The zero-order valence-corrected chi connectivity index (χ0v) is 9.03. The molecular weight excluding hydrogens is 231 g/mol. The van der Waals surface area contributed by atoms with Crippen LogP contribution >= 0.6 is 23.2 Å². The molecule has 5 heteroatoms. The second kappa shape index (κ2) is 5.60. The fourth-order valence-electron chi connectivity index (χ4n) is 0.721. The Morgan fingerprint density at radius 2 is 1.92 bits per heavy atom. The second-order valence-corrected chi connectivity index (χ2v) is 4.19. The van der Waals surface area contributed by atoms with Gasteiger partial charge in [-0.05, 0) is 24.3 Å². The molecule has 0 unspecified atom stereocenters. The highest BCUT2D eigenvalue weighted by atomic mass is 35.5. The third-order valence-corrected chi connectivity index (χ3v) is 2.72. The summed E-state index contributed by atoms with van der Waals surface area (Å²) in [6.07, 6.45) is 0. The van der Waals surface area contributed by atoms with Crippen molar-refractivity contribution in [1.82, 2.24) is 0 Å². The third-order valence-electron chi connectivity index (χ3n) is 1.27. The van der Waals surface area contributed by atoms with Crippen LogP contribution in [0.1, 0.15) is 0 Å². The number of benzene rings is 1. The molecule has 0 saturated carbocycles. The lowest BCUT2D eigenvalue weighted by atomic mass is 10.4. The van der Waals surface area contributed by atoms with Crippen molar-refractivity contribution in [1.29, 1.82) is 0 Å². The summed E-state index contributed by atoms with van der Waals surface area (Å²) in [6, 6.07) is 6.65. The monoisotopic (exact) mass is 238 g/mol. The highest BCUT2D eigenvalue weighted by molar-refractivity contribution is 7.80. The summed E-state index contributed by atoms with van der Waals surface area (Å²) in [5.74, 6) is 0.333. The minimum absolute atomic E-state index is 0.275. The van der Waals surface area contributed by atoms with Crippen molar-refractivity contribution in [2.75, 3.05) is 12.5 Å². The molecule has 2 nitrogen and oxygen atoms in total. The lowest BCUT2D eigenvalue weighted by molar-refractivity contribution is 0.374. The summed E-state index contributed by atoms with van der Waals surface area (Å²) in [5.41, 5.74) is 0. The first-order valence-electron chi connectivity index (χ1n) is 3.60. The van der Waals surface area contributed by atoms with Gasteiger partial charge in [-0.2, -0.15) is 0 Å². The van der Waals surface area contributed by atoms with Gasteiger partial charge in [0.05, 0.1) is 11.5 Å². The first-order valence-corrected chi connectivity index (χ1v) is 5.59. The van der Waals surface area contributed by atoms with Crippen LogP contribution in [0.2, 0.25) is 5.02 Å². The molecule has 0 amide bonds. The van der Waals surface area contributed by atoms with Gasteiger partial charge in [-0.3, -0.25) is 4.18 Å². The van der Waals surface area contributed by atoms with E-state index in [0.29, 0.717) is 15.8 Å². The fourth-order valence-corrected chi connectivity index (χ4v) is 1.74. The molecule has 0 spiro atoms. The van der Waals surface area contributed by atoms with Crippen LogP contribution in [-0.4, -0.2) is 16.7 Å². The van der Waals surface area contributed by atoms with Crippen molar-refractivity contribution in [3.8, 4) is 0 Å². The van der Waals surface area contributed by atoms with E-state index in [2.05, 4.69) is 0 Å². The lowest BCUT2D eigenvalue weighted by Gasteiger charge is -2.00. The van der Waals surface area contributed by atoms with Crippen molar-refractivity contribution in [2.45, 2.75) is 4.90 Å². The molecule has 0 saturated heterocycles. The van der Waals surface area contributed by atoms with Gasteiger partial charge in [0.1, 0.15) is 0 Å².